The fraction of sp³-hybridized carbons (Fsp3) is 0.417. The molecule has 2 aliphatic heterocycles. The number of ether oxygens (including phenoxy) is 1. The number of halogens is 4. The predicted molar refractivity (Wildman–Crippen MR) is 112 cm³/mol. The molecule has 0 spiro atoms. The number of nitrogens with zero attached hydrogens (tertiary/aromatic N) is 2. The fourth-order valence-corrected chi connectivity index (χ4v) is 4.62. The smallest absolute Gasteiger partial charge is 0.381 e. The van der Waals surface area contributed by atoms with Crippen molar-refractivity contribution in [3.8, 4) is 0 Å². The quantitative estimate of drug-likeness (QED) is 0.648. The zero-order valence-electron chi connectivity index (χ0n) is 17.9. The molecular weight excluding hydrogens is 440 g/mol. The molecule has 0 bridgehead atoms. The van der Waals surface area contributed by atoms with Gasteiger partial charge < -0.3 is 14.5 Å². The van der Waals surface area contributed by atoms with Crippen molar-refractivity contribution in [3.05, 3.63) is 71.0 Å². The Kier molecular flexibility index (Phi) is 6.43. The number of alkyl halides is 3. The molecule has 9 heteroatoms. The lowest BCUT2D eigenvalue weighted by Gasteiger charge is -2.43. The molecule has 2 aromatic rings. The molecule has 0 radical (unpaired) electrons. The van der Waals surface area contributed by atoms with Crippen LogP contribution in [0.2, 0.25) is 0 Å². The third-order valence-corrected chi connectivity index (χ3v) is 6.47. The molecule has 0 atom stereocenters. The summed E-state index contributed by atoms with van der Waals surface area (Å²) in [6.45, 7) is 1.48. The molecule has 0 aliphatic carbocycles. The molecule has 2 fully saturated rings. The maximum Gasteiger partial charge on any atom is 0.417 e. The number of carbonyl (C=O) groups is 2. The second-order valence-corrected chi connectivity index (χ2v) is 8.33. The summed E-state index contributed by atoms with van der Waals surface area (Å²) in [5.74, 6) is -1.21. The Morgan fingerprint density at radius 1 is 0.848 bits per heavy atom. The topological polar surface area (TPSA) is 49.9 Å². The van der Waals surface area contributed by atoms with Gasteiger partial charge in [0.15, 0.2) is 0 Å². The summed E-state index contributed by atoms with van der Waals surface area (Å²) in [5, 5.41) is 0. The van der Waals surface area contributed by atoms with Crippen LogP contribution in [-0.2, 0) is 21.1 Å². The Bertz CT molecular complexity index is 1010. The maximum atomic E-state index is 13.6. The monoisotopic (exact) mass is 464 g/mol. The molecule has 5 nitrogen and oxygen atoms in total. The molecule has 2 aliphatic rings. The molecule has 0 aromatic heterocycles. The van der Waals surface area contributed by atoms with Gasteiger partial charge in [0.05, 0.1) is 16.5 Å². The van der Waals surface area contributed by atoms with Gasteiger partial charge in [0, 0.05) is 39.4 Å². The van der Waals surface area contributed by atoms with Crippen LogP contribution < -0.4 is 0 Å². The minimum Gasteiger partial charge on any atom is -0.381 e. The predicted octanol–water partition coefficient (Wildman–Crippen LogP) is 3.88. The van der Waals surface area contributed by atoms with Crippen molar-refractivity contribution in [1.29, 1.82) is 0 Å². The van der Waals surface area contributed by atoms with E-state index in [1.54, 1.807) is 17.0 Å². The van der Waals surface area contributed by atoms with Crippen LogP contribution >= 0.6 is 0 Å². The average molecular weight is 464 g/mol. The molecule has 0 N–H and O–H groups in total. The van der Waals surface area contributed by atoms with Crippen LogP contribution in [0, 0.1) is 5.82 Å². The van der Waals surface area contributed by atoms with Gasteiger partial charge in [-0.3, -0.25) is 9.59 Å². The van der Waals surface area contributed by atoms with Crippen molar-refractivity contribution < 1.29 is 31.9 Å². The van der Waals surface area contributed by atoms with Crippen molar-refractivity contribution >= 4 is 11.8 Å². The van der Waals surface area contributed by atoms with E-state index in [1.807, 2.05) is 0 Å². The van der Waals surface area contributed by atoms with E-state index in [1.165, 1.54) is 35.2 Å². The van der Waals surface area contributed by atoms with Crippen LogP contribution in [0.15, 0.2) is 48.5 Å². The molecule has 0 saturated carbocycles. The zero-order chi connectivity index (χ0) is 23.6. The maximum absolute atomic E-state index is 13.6. The highest BCUT2D eigenvalue weighted by atomic mass is 19.4. The Balaban J connectivity index is 1.50. The van der Waals surface area contributed by atoms with Crippen LogP contribution in [0.3, 0.4) is 0 Å². The van der Waals surface area contributed by atoms with Crippen molar-refractivity contribution in [3.63, 3.8) is 0 Å². The molecule has 2 saturated heterocycles. The van der Waals surface area contributed by atoms with Gasteiger partial charge >= 0.3 is 6.18 Å². The van der Waals surface area contributed by atoms with E-state index in [4.69, 9.17) is 4.74 Å². The lowest BCUT2D eigenvalue weighted by atomic mass is 9.73. The first kappa shape index (κ1) is 23.2. The van der Waals surface area contributed by atoms with Crippen LogP contribution in [0.25, 0.3) is 0 Å². The normalized spacial score (nSPS) is 18.8. The molecule has 2 heterocycles. The van der Waals surface area contributed by atoms with Gasteiger partial charge in [-0.2, -0.15) is 13.2 Å². The van der Waals surface area contributed by atoms with Gasteiger partial charge in [-0.05, 0) is 42.7 Å². The molecule has 0 unspecified atom stereocenters. The van der Waals surface area contributed by atoms with Crippen LogP contribution in [-0.4, -0.2) is 61.0 Å². The number of rotatable bonds is 3. The van der Waals surface area contributed by atoms with Gasteiger partial charge in [0.1, 0.15) is 5.82 Å². The summed E-state index contributed by atoms with van der Waals surface area (Å²) in [7, 11) is 0. The molecule has 4 rings (SSSR count). The number of hydrogen-bond acceptors (Lipinski definition) is 3. The van der Waals surface area contributed by atoms with Crippen LogP contribution in [0.4, 0.5) is 17.6 Å². The van der Waals surface area contributed by atoms with Gasteiger partial charge in [0.25, 0.3) is 5.91 Å². The summed E-state index contributed by atoms with van der Waals surface area (Å²) in [6, 6.07) is 10.6. The largest absolute Gasteiger partial charge is 0.417 e. The lowest BCUT2D eigenvalue weighted by molar-refractivity contribution is -0.142. The third kappa shape index (κ3) is 4.59. The summed E-state index contributed by atoms with van der Waals surface area (Å²) in [4.78, 5) is 29.4. The second-order valence-electron chi connectivity index (χ2n) is 8.33. The molecule has 176 valence electrons. The van der Waals surface area contributed by atoms with Crippen molar-refractivity contribution in [2.45, 2.75) is 24.4 Å². The van der Waals surface area contributed by atoms with E-state index in [0.29, 0.717) is 26.1 Å². The highest BCUT2D eigenvalue weighted by Gasteiger charge is 2.45. The Morgan fingerprint density at radius 2 is 1.42 bits per heavy atom. The average Bonchev–Trinajstić information content (AvgIpc) is 2.83. The minimum absolute atomic E-state index is 0.125. The standard InChI is InChI=1S/C24H24F4N2O3/c25-18-7-5-17(6-8-18)23(9-15-33-16-10-23)22(32)30-13-11-29(12-14-30)21(31)19-3-1-2-4-20(19)24(26,27)28/h1-8H,9-16H2. The summed E-state index contributed by atoms with van der Waals surface area (Å²) < 4.78 is 58.9. The number of hydrogen-bond donors (Lipinski definition) is 0. The molecular formula is C24H24F4N2O3. The highest BCUT2D eigenvalue weighted by molar-refractivity contribution is 5.96. The van der Waals surface area contributed by atoms with E-state index in [2.05, 4.69) is 0 Å². The molecule has 2 amide bonds. The van der Waals surface area contributed by atoms with Gasteiger partial charge in [-0.15, -0.1) is 0 Å². The number of carbonyl (C=O) groups excluding carboxylic acids is 2. The van der Waals surface area contributed by atoms with E-state index < -0.39 is 28.6 Å². The van der Waals surface area contributed by atoms with Gasteiger partial charge in [-0.25, -0.2) is 4.39 Å². The third-order valence-electron chi connectivity index (χ3n) is 6.47. The number of piperazine rings is 1. The van der Waals surface area contributed by atoms with E-state index in [-0.39, 0.29) is 37.9 Å². The SMILES string of the molecule is O=C(c1ccccc1C(F)(F)F)N1CCN(C(=O)C2(c3ccc(F)cc3)CCOCC2)CC1. The summed E-state index contributed by atoms with van der Waals surface area (Å²) >= 11 is 0. The number of benzene rings is 2. The highest BCUT2D eigenvalue weighted by Crippen LogP contribution is 2.37. The first-order chi connectivity index (χ1) is 15.7. The lowest BCUT2D eigenvalue weighted by Crippen LogP contribution is -2.56. The van der Waals surface area contributed by atoms with Crippen molar-refractivity contribution in [1.82, 2.24) is 9.80 Å². The Labute approximate surface area is 188 Å². The van der Waals surface area contributed by atoms with E-state index >= 15 is 0 Å². The van der Waals surface area contributed by atoms with Crippen molar-refractivity contribution in [2.24, 2.45) is 0 Å². The second kappa shape index (κ2) is 9.13. The summed E-state index contributed by atoms with van der Waals surface area (Å²) in [5.41, 5.74) is -1.49. The first-order valence-electron chi connectivity index (χ1n) is 10.8. The Morgan fingerprint density at radius 3 is 2.03 bits per heavy atom. The molecule has 33 heavy (non-hydrogen) atoms. The van der Waals surface area contributed by atoms with E-state index in [9.17, 15) is 27.2 Å². The fourth-order valence-electron chi connectivity index (χ4n) is 4.62. The van der Waals surface area contributed by atoms with Crippen molar-refractivity contribution in [2.75, 3.05) is 39.4 Å². The van der Waals surface area contributed by atoms with E-state index in [0.717, 1.165) is 11.6 Å². The van der Waals surface area contributed by atoms with Crippen LogP contribution in [0.1, 0.15) is 34.3 Å². The Hall–Kier alpha value is -2.94. The first-order valence-corrected chi connectivity index (χ1v) is 10.8. The summed E-state index contributed by atoms with van der Waals surface area (Å²) in [6.07, 6.45) is -3.72. The van der Waals surface area contributed by atoms with Gasteiger partial charge in [0.2, 0.25) is 5.91 Å². The van der Waals surface area contributed by atoms with Crippen LogP contribution in [0.5, 0.6) is 0 Å². The molecule has 2 aromatic carbocycles. The minimum atomic E-state index is -4.63. The van der Waals surface area contributed by atoms with Gasteiger partial charge in [-0.1, -0.05) is 24.3 Å². The zero-order valence-corrected chi connectivity index (χ0v) is 17.9. The number of amides is 2.